The summed E-state index contributed by atoms with van der Waals surface area (Å²) in [4.78, 5) is 48.8. The molecule has 2 saturated heterocycles. The van der Waals surface area contributed by atoms with Crippen LogP contribution >= 0.6 is 0 Å². The summed E-state index contributed by atoms with van der Waals surface area (Å²) in [6.45, 7) is 8.54. The summed E-state index contributed by atoms with van der Waals surface area (Å²) in [5, 5.41) is 0. The topological polar surface area (TPSA) is 115 Å². The molecule has 4 rings (SSSR count). The van der Waals surface area contributed by atoms with Gasteiger partial charge in [-0.15, -0.1) is 0 Å². The van der Waals surface area contributed by atoms with Gasteiger partial charge >= 0.3 is 36.9 Å². The molecule has 2 N–H and O–H groups in total. The van der Waals surface area contributed by atoms with Crippen LogP contribution in [0.4, 0.5) is 0 Å². The maximum Gasteiger partial charge on any atom is 0.481 e. The van der Waals surface area contributed by atoms with E-state index in [0.29, 0.717) is 24.3 Å². The number of rotatable bonds is 8. The molecular formula is C20H37NO8Si4. The Labute approximate surface area is 202 Å². The summed E-state index contributed by atoms with van der Waals surface area (Å²) < 4.78 is 23.9. The number of carbonyl (C=O) groups excluding carboxylic acids is 2. The van der Waals surface area contributed by atoms with Gasteiger partial charge in [-0.05, 0) is 48.6 Å². The highest BCUT2D eigenvalue weighted by Crippen LogP contribution is 2.52. The Bertz CT molecular complexity index is 755. The van der Waals surface area contributed by atoms with Crippen LogP contribution in [0.3, 0.4) is 0 Å². The average molecular weight is 532 g/mol. The number of nitrogens with zero attached hydrogens (tertiary/aromatic N) is 1. The van der Waals surface area contributed by atoms with Gasteiger partial charge in [0.2, 0.25) is 11.8 Å². The molecular weight excluding hydrogens is 495 g/mol. The first kappa shape index (κ1) is 25.6. The minimum Gasteiger partial charge on any atom is -0.420 e. The van der Waals surface area contributed by atoms with E-state index in [4.69, 9.17) is 16.5 Å². The maximum atomic E-state index is 12.9. The van der Waals surface area contributed by atoms with Gasteiger partial charge in [-0.1, -0.05) is 39.8 Å². The molecule has 2 aliphatic heterocycles. The van der Waals surface area contributed by atoms with E-state index in [-0.39, 0.29) is 48.1 Å². The van der Waals surface area contributed by atoms with Crippen LogP contribution in [0.25, 0.3) is 0 Å². The lowest BCUT2D eigenvalue weighted by Crippen LogP contribution is -2.57. The third-order valence-electron chi connectivity index (χ3n) is 6.94. The molecule has 8 unspecified atom stereocenters. The number of carbonyl (C=O) groups is 2. The molecule has 9 nitrogen and oxygen atoms in total. The quantitative estimate of drug-likeness (QED) is 0.267. The highest BCUT2D eigenvalue weighted by atomic mass is 28.5. The third-order valence-corrected chi connectivity index (χ3v) is 20.0. The van der Waals surface area contributed by atoms with Crippen molar-refractivity contribution in [3.8, 4) is 0 Å². The van der Waals surface area contributed by atoms with E-state index in [1.165, 1.54) is 4.90 Å². The fraction of sp³-hybridized carbons (Fsp3) is 0.800. The van der Waals surface area contributed by atoms with Gasteiger partial charge in [0.1, 0.15) is 0 Å². The van der Waals surface area contributed by atoms with Gasteiger partial charge < -0.3 is 26.1 Å². The fourth-order valence-electron chi connectivity index (χ4n) is 5.52. The lowest BCUT2D eigenvalue weighted by molar-refractivity contribution is -0.140. The largest absolute Gasteiger partial charge is 0.481 e. The van der Waals surface area contributed by atoms with E-state index in [1.54, 1.807) is 0 Å². The Morgan fingerprint density at radius 2 is 1.58 bits per heavy atom. The van der Waals surface area contributed by atoms with E-state index >= 15 is 0 Å². The third kappa shape index (κ3) is 5.68. The second-order valence-corrected chi connectivity index (χ2v) is 19.8. The van der Waals surface area contributed by atoms with Crippen LogP contribution in [0.2, 0.25) is 18.1 Å². The SMILES string of the molecule is CC(C)C[SiH]1O[SiH](O)O[Si](O)(CCCN2C(=O)C3C4C=CC(C4)C3C2=O)O[SiH](CC(C)C)O1. The predicted molar refractivity (Wildman–Crippen MR) is 129 cm³/mol. The van der Waals surface area contributed by atoms with Crippen molar-refractivity contribution in [2.45, 2.75) is 58.7 Å². The average Bonchev–Trinajstić information content (AvgIpc) is 3.35. The number of fused-ring (bicyclic) bond motifs is 5. The van der Waals surface area contributed by atoms with E-state index in [2.05, 4.69) is 39.8 Å². The molecule has 2 aliphatic carbocycles. The summed E-state index contributed by atoms with van der Waals surface area (Å²) in [5.74, 6) is 0.436. The molecule has 13 heteroatoms. The van der Waals surface area contributed by atoms with E-state index < -0.39 is 36.9 Å². The summed E-state index contributed by atoms with van der Waals surface area (Å²) in [6, 6.07) is 1.61. The zero-order valence-electron chi connectivity index (χ0n) is 19.9. The first-order valence-corrected chi connectivity index (χ1v) is 19.1. The van der Waals surface area contributed by atoms with Crippen LogP contribution in [0.15, 0.2) is 12.2 Å². The lowest BCUT2D eigenvalue weighted by Gasteiger charge is -2.36. The lowest BCUT2D eigenvalue weighted by atomic mass is 9.85. The van der Waals surface area contributed by atoms with Crippen molar-refractivity contribution in [1.82, 2.24) is 4.90 Å². The number of hydrogen-bond acceptors (Lipinski definition) is 8. The molecule has 186 valence electrons. The first-order chi connectivity index (χ1) is 15.6. The van der Waals surface area contributed by atoms with Gasteiger partial charge in [0.05, 0.1) is 11.8 Å². The molecule has 0 spiro atoms. The molecule has 0 radical (unpaired) electrons. The van der Waals surface area contributed by atoms with Crippen molar-refractivity contribution in [1.29, 1.82) is 0 Å². The normalized spacial score (nSPS) is 40.7. The molecule has 2 amide bonds. The summed E-state index contributed by atoms with van der Waals surface area (Å²) in [5.41, 5.74) is 0. The Balaban J connectivity index is 1.37. The van der Waals surface area contributed by atoms with Gasteiger partial charge in [-0.25, -0.2) is 0 Å². The van der Waals surface area contributed by atoms with Crippen molar-refractivity contribution in [3.63, 3.8) is 0 Å². The highest BCUT2D eigenvalue weighted by Gasteiger charge is 2.59. The minimum atomic E-state index is -3.76. The number of imide groups is 1. The van der Waals surface area contributed by atoms with Crippen molar-refractivity contribution in [2.75, 3.05) is 6.54 Å². The Morgan fingerprint density at radius 3 is 2.15 bits per heavy atom. The highest BCUT2D eigenvalue weighted by molar-refractivity contribution is 6.77. The monoisotopic (exact) mass is 531 g/mol. The Morgan fingerprint density at radius 1 is 1.00 bits per heavy atom. The van der Waals surface area contributed by atoms with Crippen molar-refractivity contribution in [2.24, 2.45) is 35.5 Å². The standard InChI is InChI=1S/C20H37NO8Si4/c1-13(2)11-30-26-31(12-14(3)4)28-33(25,29-32(24)27-30)9-5-8-21-19(22)17-15-6-7-16(10-15)18(17)20(21)23/h6-7,13-18,24-25,30-32H,5,8-12H2,1-4H3. The number of amides is 2. The number of hydrogen-bond donors (Lipinski definition) is 2. The first-order valence-electron chi connectivity index (χ1n) is 12.2. The van der Waals surface area contributed by atoms with Crippen LogP contribution in [0, 0.1) is 35.5 Å². The van der Waals surface area contributed by atoms with E-state index in [0.717, 1.165) is 12.5 Å². The smallest absolute Gasteiger partial charge is 0.420 e. The van der Waals surface area contributed by atoms with Crippen LogP contribution in [-0.4, -0.2) is 69.7 Å². The second-order valence-electron chi connectivity index (χ2n) is 10.6. The number of likely N-dealkylation sites (tertiary alicyclic amines) is 1. The molecule has 2 heterocycles. The van der Waals surface area contributed by atoms with Crippen LogP contribution in [0.1, 0.15) is 40.5 Å². The summed E-state index contributed by atoms with van der Waals surface area (Å²) in [7, 11) is -11.3. The van der Waals surface area contributed by atoms with Gasteiger partial charge in [-0.2, -0.15) is 0 Å². The molecule has 33 heavy (non-hydrogen) atoms. The van der Waals surface area contributed by atoms with Crippen LogP contribution < -0.4 is 0 Å². The van der Waals surface area contributed by atoms with Gasteiger partial charge in [-0.3, -0.25) is 14.5 Å². The van der Waals surface area contributed by atoms with Crippen molar-refractivity contribution in [3.05, 3.63) is 12.2 Å². The van der Waals surface area contributed by atoms with Gasteiger partial charge in [0.15, 0.2) is 0 Å². The molecule has 0 aromatic carbocycles. The van der Waals surface area contributed by atoms with Gasteiger partial charge in [0.25, 0.3) is 0 Å². The van der Waals surface area contributed by atoms with Crippen molar-refractivity contribution < 1.29 is 35.6 Å². The molecule has 0 aromatic heterocycles. The molecule has 2 bridgehead atoms. The Hall–Kier alpha value is -0.492. The summed E-state index contributed by atoms with van der Waals surface area (Å²) in [6.07, 6.45) is 5.42. The summed E-state index contributed by atoms with van der Waals surface area (Å²) >= 11 is 0. The molecule has 1 saturated carbocycles. The molecule has 0 aromatic rings. The van der Waals surface area contributed by atoms with E-state index in [9.17, 15) is 19.2 Å². The molecule has 4 aliphatic rings. The minimum absolute atomic E-state index is 0.0920. The molecule has 8 atom stereocenters. The molecule has 3 fully saturated rings. The fourth-order valence-corrected chi connectivity index (χ4v) is 18.6. The predicted octanol–water partition coefficient (Wildman–Crippen LogP) is 0.657. The maximum absolute atomic E-state index is 12.9. The van der Waals surface area contributed by atoms with E-state index in [1.807, 2.05) is 0 Å². The zero-order chi connectivity index (χ0) is 23.9. The zero-order valence-corrected chi connectivity index (χ0v) is 24.3. The second kappa shape index (κ2) is 10.2. The van der Waals surface area contributed by atoms with Crippen molar-refractivity contribution >= 4 is 48.7 Å². The Kier molecular flexibility index (Phi) is 7.94. The van der Waals surface area contributed by atoms with Gasteiger partial charge in [0, 0.05) is 12.6 Å². The number of allylic oxidation sites excluding steroid dienone is 2. The van der Waals surface area contributed by atoms with Crippen LogP contribution in [0.5, 0.6) is 0 Å². The van der Waals surface area contributed by atoms with Crippen LogP contribution in [-0.2, 0) is 26.0 Å².